The molecule has 0 spiro atoms. The van der Waals surface area contributed by atoms with Crippen LogP contribution in [-0.4, -0.2) is 13.1 Å². The monoisotopic (exact) mass is 215 g/mol. The molecule has 0 amide bonds. The van der Waals surface area contributed by atoms with Gasteiger partial charge in [0.05, 0.1) is 5.02 Å². The van der Waals surface area contributed by atoms with E-state index in [4.69, 9.17) is 11.6 Å². The Hall–Kier alpha value is -0.310. The highest BCUT2D eigenvalue weighted by Gasteiger charge is 2.01. The van der Waals surface area contributed by atoms with Gasteiger partial charge < -0.3 is 5.32 Å². The summed E-state index contributed by atoms with van der Waals surface area (Å²) in [6, 6.07) is 2.40. The molecular weight excluding hydrogens is 202 g/mol. The molecule has 0 saturated carbocycles. The van der Waals surface area contributed by atoms with Crippen molar-refractivity contribution in [1.29, 1.82) is 0 Å². The summed E-state index contributed by atoms with van der Waals surface area (Å²) in [6.07, 6.45) is 2.16. The first-order chi connectivity index (χ1) is 6.13. The summed E-state index contributed by atoms with van der Waals surface area (Å²) < 4.78 is 0. The molecule has 1 aromatic heterocycles. The lowest BCUT2D eigenvalue weighted by atomic mass is 10.1. The van der Waals surface area contributed by atoms with Gasteiger partial charge in [-0.25, -0.2) is 0 Å². The van der Waals surface area contributed by atoms with Crippen molar-refractivity contribution >= 4 is 29.0 Å². The van der Waals surface area contributed by atoms with Gasteiger partial charge in [-0.2, -0.15) is 0 Å². The summed E-state index contributed by atoms with van der Waals surface area (Å²) in [5.74, 6) is 0. The molecule has 0 bridgehead atoms. The first-order valence-corrected chi connectivity index (χ1v) is 5.48. The largest absolute Gasteiger partial charge is 0.314 e. The molecule has 1 rings (SSSR count). The summed E-state index contributed by atoms with van der Waals surface area (Å²) in [6.45, 7) is 4.26. The van der Waals surface area contributed by atoms with Crippen molar-refractivity contribution < 1.29 is 0 Å². The highest BCUT2D eigenvalue weighted by molar-refractivity contribution is 7.11. The quantitative estimate of drug-likeness (QED) is 0.815. The maximum Gasteiger partial charge on any atom is 0.0519 e. The van der Waals surface area contributed by atoms with E-state index in [0.717, 1.165) is 5.02 Å². The average molecular weight is 216 g/mol. The Kier molecular flexibility index (Phi) is 3.97. The second-order valence-corrected chi connectivity index (χ2v) is 4.45. The number of halogens is 1. The first kappa shape index (κ1) is 10.8. The smallest absolute Gasteiger partial charge is 0.0519 e. The zero-order valence-corrected chi connectivity index (χ0v) is 9.67. The fraction of sp³-hybridized carbons (Fsp3) is 0.400. The van der Waals surface area contributed by atoms with E-state index in [0.29, 0.717) is 6.04 Å². The maximum absolute atomic E-state index is 5.82. The van der Waals surface area contributed by atoms with Crippen molar-refractivity contribution in [3.8, 4) is 0 Å². The van der Waals surface area contributed by atoms with Crippen LogP contribution in [0.2, 0.25) is 5.02 Å². The van der Waals surface area contributed by atoms with E-state index in [1.807, 2.05) is 18.5 Å². The second-order valence-electron chi connectivity index (χ2n) is 3.07. The molecule has 72 valence electrons. The Bertz CT molecular complexity index is 304. The van der Waals surface area contributed by atoms with Crippen molar-refractivity contribution in [1.82, 2.24) is 5.32 Å². The van der Waals surface area contributed by atoms with Crippen LogP contribution in [0.4, 0.5) is 0 Å². The van der Waals surface area contributed by atoms with Crippen LogP contribution in [0.15, 0.2) is 17.0 Å². The topological polar surface area (TPSA) is 12.0 Å². The molecular formula is C10H14ClNS. The summed E-state index contributed by atoms with van der Waals surface area (Å²) >= 11 is 7.49. The van der Waals surface area contributed by atoms with Gasteiger partial charge in [0.15, 0.2) is 0 Å². The zero-order valence-electron chi connectivity index (χ0n) is 8.10. The van der Waals surface area contributed by atoms with Crippen LogP contribution in [0.3, 0.4) is 0 Å². The molecule has 3 heteroatoms. The number of rotatable bonds is 3. The van der Waals surface area contributed by atoms with Gasteiger partial charge in [-0.05, 0) is 33.0 Å². The van der Waals surface area contributed by atoms with Crippen LogP contribution < -0.4 is 5.32 Å². The third-order valence-electron chi connectivity index (χ3n) is 2.07. The van der Waals surface area contributed by atoms with E-state index >= 15 is 0 Å². The molecule has 1 atom stereocenters. The molecule has 1 nitrogen and oxygen atoms in total. The van der Waals surface area contributed by atoms with Crippen LogP contribution >= 0.6 is 22.9 Å². The minimum Gasteiger partial charge on any atom is -0.314 e. The normalized spacial score (nSPS) is 14.6. The molecule has 0 saturated heterocycles. The summed E-state index contributed by atoms with van der Waals surface area (Å²) in [5, 5.41) is 5.96. The van der Waals surface area contributed by atoms with E-state index < -0.39 is 0 Å². The third-order valence-corrected chi connectivity index (χ3v) is 3.30. The van der Waals surface area contributed by atoms with E-state index in [1.165, 1.54) is 10.5 Å². The summed E-state index contributed by atoms with van der Waals surface area (Å²) in [5.41, 5.74) is 1.32. The van der Waals surface area contributed by atoms with Crippen molar-refractivity contribution in [2.24, 2.45) is 0 Å². The Labute approximate surface area is 88.4 Å². The molecule has 13 heavy (non-hydrogen) atoms. The molecule has 0 aromatic carbocycles. The van der Waals surface area contributed by atoms with E-state index in [1.54, 1.807) is 11.3 Å². The number of likely N-dealkylation sites (N-methyl/N-ethyl adjacent to an activating group) is 1. The van der Waals surface area contributed by atoms with Gasteiger partial charge in [0.1, 0.15) is 0 Å². The molecule has 0 aliphatic heterocycles. The van der Waals surface area contributed by atoms with Gasteiger partial charge in [-0.1, -0.05) is 17.2 Å². The Morgan fingerprint density at radius 1 is 1.69 bits per heavy atom. The molecule has 1 heterocycles. The standard InChI is InChI=1S/C10H14ClNS/c1-7(8(2)12-3)4-10-5-9(11)6-13-10/h4-6,8,12H,1-3H3. The fourth-order valence-corrected chi connectivity index (χ4v) is 2.06. The molecule has 1 N–H and O–H groups in total. The minimum atomic E-state index is 0.417. The maximum atomic E-state index is 5.82. The number of nitrogens with one attached hydrogen (secondary N) is 1. The minimum absolute atomic E-state index is 0.417. The zero-order chi connectivity index (χ0) is 9.84. The first-order valence-electron chi connectivity index (χ1n) is 4.23. The average Bonchev–Trinajstić information content (AvgIpc) is 2.49. The number of hydrogen-bond donors (Lipinski definition) is 1. The van der Waals surface area contributed by atoms with Gasteiger partial charge in [0.25, 0.3) is 0 Å². The van der Waals surface area contributed by atoms with Gasteiger partial charge >= 0.3 is 0 Å². The molecule has 1 aromatic rings. The third kappa shape index (κ3) is 3.14. The van der Waals surface area contributed by atoms with Crippen LogP contribution in [0.1, 0.15) is 18.7 Å². The molecule has 0 aliphatic rings. The summed E-state index contributed by atoms with van der Waals surface area (Å²) in [4.78, 5) is 1.21. The predicted octanol–water partition coefficient (Wildman–Crippen LogP) is 3.41. The Morgan fingerprint density at radius 2 is 2.38 bits per heavy atom. The summed E-state index contributed by atoms with van der Waals surface area (Å²) in [7, 11) is 1.96. The van der Waals surface area contributed by atoms with Crippen LogP contribution in [0.25, 0.3) is 6.08 Å². The van der Waals surface area contributed by atoms with Crippen molar-refractivity contribution in [3.05, 3.63) is 26.9 Å². The SMILES string of the molecule is CNC(C)C(C)=Cc1cc(Cl)cs1. The molecule has 0 radical (unpaired) electrons. The lowest BCUT2D eigenvalue weighted by Crippen LogP contribution is -2.21. The van der Waals surface area contributed by atoms with Gasteiger partial charge in [-0.3, -0.25) is 0 Å². The highest BCUT2D eigenvalue weighted by atomic mass is 35.5. The van der Waals surface area contributed by atoms with Crippen molar-refractivity contribution in [2.75, 3.05) is 7.05 Å². The molecule has 0 fully saturated rings. The highest BCUT2D eigenvalue weighted by Crippen LogP contribution is 2.22. The van der Waals surface area contributed by atoms with Gasteiger partial charge in [0.2, 0.25) is 0 Å². The Morgan fingerprint density at radius 3 is 2.85 bits per heavy atom. The van der Waals surface area contributed by atoms with Crippen molar-refractivity contribution in [3.63, 3.8) is 0 Å². The van der Waals surface area contributed by atoms with Crippen LogP contribution in [0, 0.1) is 0 Å². The van der Waals surface area contributed by atoms with Crippen LogP contribution in [0.5, 0.6) is 0 Å². The van der Waals surface area contributed by atoms with E-state index in [2.05, 4.69) is 25.2 Å². The van der Waals surface area contributed by atoms with Crippen molar-refractivity contribution in [2.45, 2.75) is 19.9 Å². The lowest BCUT2D eigenvalue weighted by molar-refractivity contribution is 0.696. The van der Waals surface area contributed by atoms with Gasteiger partial charge in [0, 0.05) is 16.3 Å². The fourth-order valence-electron chi connectivity index (χ4n) is 0.981. The number of hydrogen-bond acceptors (Lipinski definition) is 2. The van der Waals surface area contributed by atoms with Gasteiger partial charge in [-0.15, -0.1) is 11.3 Å². The molecule has 1 unspecified atom stereocenters. The van der Waals surface area contributed by atoms with E-state index in [9.17, 15) is 0 Å². The van der Waals surface area contributed by atoms with E-state index in [-0.39, 0.29) is 0 Å². The van der Waals surface area contributed by atoms with Crippen LogP contribution in [-0.2, 0) is 0 Å². The predicted molar refractivity (Wildman–Crippen MR) is 61.5 cm³/mol. The Balaban J connectivity index is 2.76. The molecule has 0 aliphatic carbocycles. The lowest BCUT2D eigenvalue weighted by Gasteiger charge is -2.09. The number of thiophene rings is 1. The second kappa shape index (κ2) is 4.80.